The highest BCUT2D eigenvalue weighted by molar-refractivity contribution is 6.05. The van der Waals surface area contributed by atoms with Crippen LogP contribution in [0.3, 0.4) is 0 Å². The molecule has 1 aliphatic heterocycles. The first-order valence-corrected chi connectivity index (χ1v) is 10.2. The molecule has 12 heteroatoms. The number of ether oxygens (including phenoxy) is 1. The summed E-state index contributed by atoms with van der Waals surface area (Å²) in [6.45, 7) is 2.12. The van der Waals surface area contributed by atoms with Crippen LogP contribution in [0.4, 0.5) is 5.82 Å². The van der Waals surface area contributed by atoms with Gasteiger partial charge in [-0.2, -0.15) is 5.26 Å². The second kappa shape index (κ2) is 8.12. The largest absolute Gasteiger partial charge is 0.479 e. The van der Waals surface area contributed by atoms with Crippen LogP contribution in [0.15, 0.2) is 36.8 Å². The Balaban J connectivity index is 1.44. The first-order valence-electron chi connectivity index (χ1n) is 10.2. The second-order valence-corrected chi connectivity index (χ2v) is 7.40. The zero-order chi connectivity index (χ0) is 22.9. The van der Waals surface area contributed by atoms with Gasteiger partial charge in [0, 0.05) is 31.1 Å². The van der Waals surface area contributed by atoms with E-state index in [9.17, 15) is 10.1 Å². The third-order valence-corrected chi connectivity index (χ3v) is 5.33. The van der Waals surface area contributed by atoms with Gasteiger partial charge in [0.2, 0.25) is 5.88 Å². The highest BCUT2D eigenvalue weighted by Crippen LogP contribution is 2.30. The molecule has 12 nitrogen and oxygen atoms in total. The van der Waals surface area contributed by atoms with Crippen LogP contribution in [-0.2, 0) is 6.42 Å². The number of aryl methyl sites for hydroxylation is 1. The maximum Gasteiger partial charge on any atom is 0.263 e. The van der Waals surface area contributed by atoms with Crippen molar-refractivity contribution in [2.45, 2.75) is 25.8 Å². The molecule has 1 amide bonds. The molecule has 0 saturated heterocycles. The Labute approximate surface area is 187 Å². The Morgan fingerprint density at radius 3 is 2.94 bits per heavy atom. The van der Waals surface area contributed by atoms with Gasteiger partial charge in [-0.15, -0.1) is 15.3 Å². The summed E-state index contributed by atoms with van der Waals surface area (Å²) < 4.78 is 8.62. The summed E-state index contributed by atoms with van der Waals surface area (Å²) in [5.41, 5.74) is 0.830. The number of carbonyl (C=O) groups excluding carboxylic acids is 1. The number of methoxy groups -OCH3 is 1. The molecule has 0 saturated carbocycles. The number of nitrogens with one attached hydrogen (secondary N) is 1. The molecule has 0 bridgehead atoms. The van der Waals surface area contributed by atoms with Crippen molar-refractivity contribution in [2.24, 2.45) is 0 Å². The number of nitriles is 1. The van der Waals surface area contributed by atoms with Crippen molar-refractivity contribution >= 4 is 11.7 Å². The fourth-order valence-electron chi connectivity index (χ4n) is 3.76. The van der Waals surface area contributed by atoms with Gasteiger partial charge in [0.05, 0.1) is 7.11 Å². The molecule has 0 aliphatic carbocycles. The zero-order valence-electron chi connectivity index (χ0n) is 17.8. The van der Waals surface area contributed by atoms with Crippen molar-refractivity contribution in [3.05, 3.63) is 53.9 Å². The quantitative estimate of drug-likeness (QED) is 0.489. The van der Waals surface area contributed by atoms with Gasteiger partial charge in [-0.1, -0.05) is 6.07 Å². The minimum atomic E-state index is -0.481. The molecule has 4 aromatic heterocycles. The monoisotopic (exact) mass is 442 g/mol. The van der Waals surface area contributed by atoms with E-state index in [0.717, 1.165) is 18.7 Å². The lowest BCUT2D eigenvalue weighted by atomic mass is 10.2. The number of fused-ring (bicyclic) bond motifs is 1. The molecule has 1 aliphatic rings. The SMILES string of the molecule is COc1nn(-c2nccnc2C#N)cc1C(=O)Nc1cccc(-c2nnc3n2[C@H](C)CC3)n1. The van der Waals surface area contributed by atoms with E-state index in [2.05, 4.69) is 47.1 Å². The first-order chi connectivity index (χ1) is 16.1. The molecule has 5 heterocycles. The molecule has 5 rings (SSSR count). The number of rotatable bonds is 5. The van der Waals surface area contributed by atoms with Crippen molar-refractivity contribution in [3.63, 3.8) is 0 Å². The summed E-state index contributed by atoms with van der Waals surface area (Å²) >= 11 is 0. The fraction of sp³-hybridized carbons (Fsp3) is 0.238. The predicted molar refractivity (Wildman–Crippen MR) is 115 cm³/mol. The summed E-state index contributed by atoms with van der Waals surface area (Å²) in [7, 11) is 1.40. The van der Waals surface area contributed by atoms with Crippen LogP contribution in [0.25, 0.3) is 17.3 Å². The zero-order valence-corrected chi connectivity index (χ0v) is 17.8. The van der Waals surface area contributed by atoms with E-state index >= 15 is 0 Å². The molecule has 1 N–H and O–H groups in total. The average Bonchev–Trinajstić information content (AvgIpc) is 3.55. The molecule has 33 heavy (non-hydrogen) atoms. The lowest BCUT2D eigenvalue weighted by molar-refractivity contribution is 0.102. The molecule has 0 unspecified atom stereocenters. The van der Waals surface area contributed by atoms with Crippen molar-refractivity contribution in [1.29, 1.82) is 5.26 Å². The van der Waals surface area contributed by atoms with Crippen LogP contribution in [0.1, 0.15) is 41.3 Å². The summed E-state index contributed by atoms with van der Waals surface area (Å²) in [5, 5.41) is 24.8. The van der Waals surface area contributed by atoms with E-state index in [1.165, 1.54) is 30.4 Å². The Morgan fingerprint density at radius 1 is 1.27 bits per heavy atom. The van der Waals surface area contributed by atoms with Crippen LogP contribution < -0.4 is 10.1 Å². The third-order valence-electron chi connectivity index (χ3n) is 5.33. The van der Waals surface area contributed by atoms with Gasteiger partial charge in [0.15, 0.2) is 17.3 Å². The van der Waals surface area contributed by atoms with Crippen LogP contribution in [0, 0.1) is 11.3 Å². The minimum Gasteiger partial charge on any atom is -0.479 e. The summed E-state index contributed by atoms with van der Waals surface area (Å²) in [6.07, 6.45) is 6.16. The van der Waals surface area contributed by atoms with Gasteiger partial charge in [0.25, 0.3) is 5.91 Å². The molecule has 0 spiro atoms. The van der Waals surface area contributed by atoms with E-state index in [1.807, 2.05) is 12.1 Å². The lowest BCUT2D eigenvalue weighted by Crippen LogP contribution is -2.14. The number of hydrogen-bond acceptors (Lipinski definition) is 9. The van der Waals surface area contributed by atoms with Gasteiger partial charge in [-0.25, -0.2) is 19.6 Å². The Morgan fingerprint density at radius 2 is 2.12 bits per heavy atom. The number of nitrogens with zero attached hydrogens (tertiary/aromatic N) is 9. The average molecular weight is 442 g/mol. The number of pyridine rings is 1. The van der Waals surface area contributed by atoms with Gasteiger partial charge in [-0.3, -0.25) is 4.79 Å². The van der Waals surface area contributed by atoms with E-state index in [4.69, 9.17) is 4.74 Å². The van der Waals surface area contributed by atoms with Crippen LogP contribution >= 0.6 is 0 Å². The molecule has 0 radical (unpaired) electrons. The topological polar surface area (TPSA) is 149 Å². The summed E-state index contributed by atoms with van der Waals surface area (Å²) in [4.78, 5) is 25.7. The minimum absolute atomic E-state index is 0.0686. The standard InChI is InChI=1S/C21H18N10O2/c1-12-6-7-17-27-28-19(31(12)17)14-4-3-5-16(25-14)26-20(32)13-11-30(29-21(13)33-2)18-15(10-22)23-8-9-24-18/h3-5,8-9,11-12H,6-7H2,1-2H3,(H,25,26,32)/t12-/m1/s1. The van der Waals surface area contributed by atoms with E-state index in [1.54, 1.807) is 12.1 Å². The van der Waals surface area contributed by atoms with Crippen molar-refractivity contribution in [2.75, 3.05) is 12.4 Å². The van der Waals surface area contributed by atoms with Gasteiger partial charge < -0.3 is 14.6 Å². The van der Waals surface area contributed by atoms with E-state index < -0.39 is 5.91 Å². The van der Waals surface area contributed by atoms with Crippen LogP contribution in [-0.4, -0.2) is 52.5 Å². The molecule has 1 atom stereocenters. The number of anilines is 1. The Hall–Kier alpha value is -4.66. The smallest absolute Gasteiger partial charge is 0.263 e. The summed E-state index contributed by atoms with van der Waals surface area (Å²) in [6, 6.07) is 7.54. The van der Waals surface area contributed by atoms with Crippen molar-refractivity contribution in [3.8, 4) is 29.3 Å². The normalized spacial score (nSPS) is 14.5. The lowest BCUT2D eigenvalue weighted by Gasteiger charge is -2.10. The van der Waals surface area contributed by atoms with Gasteiger partial charge in [0.1, 0.15) is 29.0 Å². The molecule has 0 fully saturated rings. The Bertz CT molecular complexity index is 1400. The molecular weight excluding hydrogens is 424 g/mol. The summed E-state index contributed by atoms with van der Waals surface area (Å²) in [5.74, 6) is 1.72. The van der Waals surface area contributed by atoms with Crippen LogP contribution in [0.5, 0.6) is 5.88 Å². The highest BCUT2D eigenvalue weighted by atomic mass is 16.5. The third kappa shape index (κ3) is 3.55. The molecule has 164 valence electrons. The maximum atomic E-state index is 13.0. The number of amides is 1. The van der Waals surface area contributed by atoms with Gasteiger partial charge >= 0.3 is 0 Å². The first kappa shape index (κ1) is 20.3. The number of carbonyl (C=O) groups is 1. The molecule has 4 aromatic rings. The second-order valence-electron chi connectivity index (χ2n) is 7.40. The van der Waals surface area contributed by atoms with Crippen molar-refractivity contribution in [1.82, 2.24) is 39.5 Å². The fourth-order valence-corrected chi connectivity index (χ4v) is 3.76. The molecular formula is C21H18N10O2. The van der Waals surface area contributed by atoms with Gasteiger partial charge in [-0.05, 0) is 25.5 Å². The van der Waals surface area contributed by atoms with Crippen LogP contribution in [0.2, 0.25) is 0 Å². The Kier molecular flexibility index (Phi) is 4.98. The predicted octanol–water partition coefficient (Wildman–Crippen LogP) is 1.96. The highest BCUT2D eigenvalue weighted by Gasteiger charge is 2.25. The van der Waals surface area contributed by atoms with E-state index in [-0.39, 0.29) is 23.0 Å². The maximum absolute atomic E-state index is 13.0. The van der Waals surface area contributed by atoms with Crippen molar-refractivity contribution < 1.29 is 9.53 Å². The molecule has 0 aromatic carbocycles. The van der Waals surface area contributed by atoms with E-state index in [0.29, 0.717) is 23.4 Å². The number of hydrogen-bond donors (Lipinski definition) is 1. The number of aromatic nitrogens is 8.